The lowest BCUT2D eigenvalue weighted by Crippen LogP contribution is -2.42. The number of nitrogens with two attached hydrogens (primary N) is 1. The molecule has 1 fully saturated rings. The highest BCUT2D eigenvalue weighted by molar-refractivity contribution is 6.30. The first kappa shape index (κ1) is 11.7. The van der Waals surface area contributed by atoms with Gasteiger partial charge < -0.3 is 5.73 Å². The Morgan fingerprint density at radius 2 is 1.88 bits per heavy atom. The number of hydrogen-bond donors (Lipinski definition) is 1. The van der Waals surface area contributed by atoms with Crippen molar-refractivity contribution in [3.63, 3.8) is 0 Å². The van der Waals surface area contributed by atoms with Gasteiger partial charge in [-0.25, -0.2) is 13.2 Å². The Hall–Kier alpha value is -0.740. The van der Waals surface area contributed by atoms with Gasteiger partial charge in [0.2, 0.25) is 0 Å². The van der Waals surface area contributed by atoms with Gasteiger partial charge in [-0.15, -0.1) is 0 Å². The van der Waals surface area contributed by atoms with Crippen LogP contribution >= 0.6 is 11.6 Å². The molecule has 1 aromatic carbocycles. The first-order chi connectivity index (χ1) is 7.52. The maximum absolute atomic E-state index is 13.7. The van der Waals surface area contributed by atoms with Gasteiger partial charge in [-0.1, -0.05) is 18.0 Å². The van der Waals surface area contributed by atoms with Crippen molar-refractivity contribution in [1.29, 1.82) is 0 Å². The maximum atomic E-state index is 13.7. The van der Waals surface area contributed by atoms with Crippen LogP contribution < -0.4 is 5.73 Å². The molecule has 2 rings (SSSR count). The molecule has 1 aromatic rings. The van der Waals surface area contributed by atoms with E-state index in [2.05, 4.69) is 0 Å². The van der Waals surface area contributed by atoms with Crippen molar-refractivity contribution in [3.05, 3.63) is 34.1 Å². The molecule has 2 N–H and O–H groups in total. The normalized spacial score (nSPS) is 18.3. The van der Waals surface area contributed by atoms with Gasteiger partial charge in [-0.05, 0) is 18.9 Å². The number of rotatable bonds is 2. The van der Waals surface area contributed by atoms with E-state index in [0.29, 0.717) is 12.8 Å². The summed E-state index contributed by atoms with van der Waals surface area (Å²) in [6.45, 7) is 0.185. The molecule has 1 aliphatic carbocycles. The molecule has 5 heteroatoms. The van der Waals surface area contributed by atoms with E-state index >= 15 is 0 Å². The van der Waals surface area contributed by atoms with E-state index < -0.39 is 27.9 Å². The van der Waals surface area contributed by atoms with Crippen LogP contribution in [-0.4, -0.2) is 6.54 Å². The van der Waals surface area contributed by atoms with Crippen LogP contribution in [0.25, 0.3) is 0 Å². The van der Waals surface area contributed by atoms with Gasteiger partial charge in [-0.2, -0.15) is 0 Å². The molecule has 0 aromatic heterocycles. The van der Waals surface area contributed by atoms with Crippen LogP contribution in [0.3, 0.4) is 0 Å². The topological polar surface area (TPSA) is 26.0 Å². The lowest BCUT2D eigenvalue weighted by atomic mass is 9.64. The van der Waals surface area contributed by atoms with E-state index in [1.165, 1.54) is 0 Å². The summed E-state index contributed by atoms with van der Waals surface area (Å²) in [4.78, 5) is 0. The number of benzene rings is 1. The van der Waals surface area contributed by atoms with E-state index in [4.69, 9.17) is 17.3 Å². The minimum atomic E-state index is -1.32. The quantitative estimate of drug-likeness (QED) is 0.632. The average molecular weight is 250 g/mol. The summed E-state index contributed by atoms with van der Waals surface area (Å²) in [5.41, 5.74) is 4.96. The van der Waals surface area contributed by atoms with Crippen LogP contribution in [0.5, 0.6) is 0 Å². The van der Waals surface area contributed by atoms with Crippen molar-refractivity contribution < 1.29 is 13.2 Å². The van der Waals surface area contributed by atoms with Crippen LogP contribution in [0.4, 0.5) is 13.2 Å². The average Bonchev–Trinajstić information content (AvgIpc) is 2.21. The fourth-order valence-electron chi connectivity index (χ4n) is 2.15. The lowest BCUT2D eigenvalue weighted by molar-refractivity contribution is 0.241. The van der Waals surface area contributed by atoms with Crippen LogP contribution in [0.2, 0.25) is 5.02 Å². The third-order valence-electron chi connectivity index (χ3n) is 3.38. The molecule has 1 nitrogen and oxygen atoms in total. The summed E-state index contributed by atoms with van der Waals surface area (Å²) < 4.78 is 40.2. The molecule has 0 unspecified atom stereocenters. The molecular weight excluding hydrogens is 239 g/mol. The van der Waals surface area contributed by atoms with Gasteiger partial charge in [0.15, 0.2) is 11.6 Å². The van der Waals surface area contributed by atoms with Crippen molar-refractivity contribution >= 4 is 11.6 Å². The second-order valence-electron chi connectivity index (χ2n) is 4.19. The smallest absolute Gasteiger partial charge is 0.180 e. The second-order valence-corrected chi connectivity index (χ2v) is 4.56. The van der Waals surface area contributed by atoms with Crippen LogP contribution in [0.1, 0.15) is 24.8 Å². The molecule has 0 spiro atoms. The Balaban J connectivity index is 2.57. The van der Waals surface area contributed by atoms with Gasteiger partial charge in [0.25, 0.3) is 0 Å². The second kappa shape index (κ2) is 3.93. The Labute approximate surface area is 96.4 Å². The summed E-state index contributed by atoms with van der Waals surface area (Å²) in [6, 6.07) is 0.965. The first-order valence-electron chi connectivity index (χ1n) is 5.05. The highest BCUT2D eigenvalue weighted by atomic mass is 35.5. The summed E-state index contributed by atoms with van der Waals surface area (Å²) >= 11 is 5.29. The van der Waals surface area contributed by atoms with Gasteiger partial charge in [0.1, 0.15) is 10.8 Å². The van der Waals surface area contributed by atoms with Gasteiger partial charge >= 0.3 is 0 Å². The molecule has 0 saturated heterocycles. The Bertz CT molecular complexity index is 424. The largest absolute Gasteiger partial charge is 0.330 e. The zero-order chi connectivity index (χ0) is 11.9. The molecule has 16 heavy (non-hydrogen) atoms. The fraction of sp³-hybridized carbons (Fsp3) is 0.455. The third-order valence-corrected chi connectivity index (χ3v) is 3.72. The molecule has 88 valence electrons. The minimum Gasteiger partial charge on any atom is -0.330 e. The lowest BCUT2D eigenvalue weighted by Gasteiger charge is -2.41. The molecule has 0 aliphatic heterocycles. The monoisotopic (exact) mass is 249 g/mol. The highest BCUT2D eigenvalue weighted by Gasteiger charge is 2.41. The summed E-state index contributed by atoms with van der Waals surface area (Å²) in [5.74, 6) is -3.33. The minimum absolute atomic E-state index is 0.0145. The summed E-state index contributed by atoms with van der Waals surface area (Å²) in [7, 11) is 0. The highest BCUT2D eigenvalue weighted by Crippen LogP contribution is 2.45. The van der Waals surface area contributed by atoms with E-state index in [-0.39, 0.29) is 12.1 Å². The van der Waals surface area contributed by atoms with E-state index in [0.717, 1.165) is 12.5 Å². The number of hydrogen-bond acceptors (Lipinski definition) is 1. The van der Waals surface area contributed by atoms with E-state index in [1.54, 1.807) is 0 Å². The standard InChI is InChI=1S/C11H11ClF3N/c12-8-7(13)4-6(9(14)10(8)15)11(5-16)2-1-3-11/h4H,1-3,5,16H2. The van der Waals surface area contributed by atoms with Crippen molar-refractivity contribution in [1.82, 2.24) is 0 Å². The summed E-state index contributed by atoms with van der Waals surface area (Å²) in [6.07, 6.45) is 2.20. The molecule has 0 amide bonds. The molecule has 0 heterocycles. The SMILES string of the molecule is NCC1(c2cc(F)c(Cl)c(F)c2F)CCC1. The van der Waals surface area contributed by atoms with Crippen molar-refractivity contribution in [2.45, 2.75) is 24.7 Å². The Morgan fingerprint density at radius 1 is 1.25 bits per heavy atom. The molecule has 1 saturated carbocycles. The predicted octanol–water partition coefficient (Wildman–Crippen LogP) is 3.14. The molecule has 0 atom stereocenters. The van der Waals surface area contributed by atoms with E-state index in [9.17, 15) is 13.2 Å². The van der Waals surface area contributed by atoms with E-state index in [1.807, 2.05) is 0 Å². The van der Waals surface area contributed by atoms with Gasteiger partial charge in [0, 0.05) is 17.5 Å². The van der Waals surface area contributed by atoms with Crippen molar-refractivity contribution in [3.8, 4) is 0 Å². The molecule has 1 aliphatic rings. The molecule has 0 radical (unpaired) electrons. The van der Waals surface area contributed by atoms with Crippen molar-refractivity contribution in [2.24, 2.45) is 5.73 Å². The Kier molecular flexibility index (Phi) is 2.88. The molecular formula is C11H11ClF3N. The van der Waals surface area contributed by atoms with Gasteiger partial charge in [-0.3, -0.25) is 0 Å². The zero-order valence-corrected chi connectivity index (χ0v) is 9.25. The summed E-state index contributed by atoms with van der Waals surface area (Å²) in [5, 5.41) is -0.798. The van der Waals surface area contributed by atoms with Crippen molar-refractivity contribution in [2.75, 3.05) is 6.54 Å². The first-order valence-corrected chi connectivity index (χ1v) is 5.43. The van der Waals surface area contributed by atoms with Crippen LogP contribution in [0.15, 0.2) is 6.07 Å². The maximum Gasteiger partial charge on any atom is 0.180 e. The number of halogens is 4. The third kappa shape index (κ3) is 1.52. The molecule has 0 bridgehead atoms. The Morgan fingerprint density at radius 3 is 2.31 bits per heavy atom. The van der Waals surface area contributed by atoms with Crippen LogP contribution in [0, 0.1) is 17.5 Å². The fourth-order valence-corrected chi connectivity index (χ4v) is 2.28. The van der Waals surface area contributed by atoms with Crippen LogP contribution in [-0.2, 0) is 5.41 Å². The predicted molar refractivity (Wildman–Crippen MR) is 55.9 cm³/mol. The zero-order valence-electron chi connectivity index (χ0n) is 8.49. The van der Waals surface area contributed by atoms with Gasteiger partial charge in [0.05, 0.1) is 0 Å².